The van der Waals surface area contributed by atoms with Gasteiger partial charge in [-0.2, -0.15) is 0 Å². The van der Waals surface area contributed by atoms with Crippen LogP contribution < -0.4 is 0 Å². The first-order chi connectivity index (χ1) is 4.84. The fourth-order valence-electron chi connectivity index (χ4n) is 0.928. The van der Waals surface area contributed by atoms with Crippen molar-refractivity contribution >= 4 is 11.9 Å². The zero-order chi connectivity index (χ0) is 7.40. The Morgan fingerprint density at radius 1 is 1.70 bits per heavy atom. The highest BCUT2D eigenvalue weighted by molar-refractivity contribution is 6.28. The normalized spacial score (nSPS) is 18.9. The van der Waals surface area contributed by atoms with E-state index in [1.165, 1.54) is 6.21 Å². The molecule has 1 rings (SSSR count). The average Bonchev–Trinajstić information content (AvgIpc) is 1.94. The van der Waals surface area contributed by atoms with Crippen LogP contribution in [0.3, 0.4) is 0 Å². The lowest BCUT2D eigenvalue weighted by atomic mass is 10.2. The van der Waals surface area contributed by atoms with E-state index in [-0.39, 0.29) is 0 Å². The van der Waals surface area contributed by atoms with Gasteiger partial charge in [0, 0.05) is 0 Å². The van der Waals surface area contributed by atoms with Crippen LogP contribution in [0.25, 0.3) is 0 Å². The molecule has 0 aromatic carbocycles. The first-order valence-electron chi connectivity index (χ1n) is 3.24. The highest BCUT2D eigenvalue weighted by Gasteiger charge is 2.08. The van der Waals surface area contributed by atoms with Crippen molar-refractivity contribution in [2.45, 2.75) is 6.42 Å². The van der Waals surface area contributed by atoms with Gasteiger partial charge in [-0.1, -0.05) is 11.2 Å². The maximum absolute atomic E-state index is 8.23. The largest absolute Gasteiger partial charge is 0.411 e. The summed E-state index contributed by atoms with van der Waals surface area (Å²) >= 11 is 0. The van der Waals surface area contributed by atoms with Gasteiger partial charge < -0.3 is 5.21 Å². The van der Waals surface area contributed by atoms with E-state index < -0.39 is 0 Å². The van der Waals surface area contributed by atoms with Crippen LogP contribution in [0.1, 0.15) is 6.42 Å². The molecule has 0 aromatic heterocycles. The predicted octanol–water partition coefficient (Wildman–Crippen LogP) is 0.490. The topological polar surface area (TPSA) is 35.6 Å². The molecule has 0 bridgehead atoms. The summed E-state index contributed by atoms with van der Waals surface area (Å²) < 4.78 is 2.04. The number of rotatable bonds is 1. The Hall–Kier alpha value is -1.12. The number of oxime groups is 1. The van der Waals surface area contributed by atoms with Crippen LogP contribution in [-0.2, 0) is 0 Å². The molecule has 0 unspecified atom stereocenters. The Labute approximate surface area is 60.0 Å². The van der Waals surface area contributed by atoms with Crippen molar-refractivity contribution in [1.82, 2.24) is 0 Å². The van der Waals surface area contributed by atoms with Gasteiger partial charge in [0.25, 0.3) is 0 Å². The minimum absolute atomic E-state index is 0.862. The zero-order valence-corrected chi connectivity index (χ0v) is 5.99. The van der Waals surface area contributed by atoms with Gasteiger partial charge in [-0.05, 0) is 6.08 Å². The quantitative estimate of drug-likeness (QED) is 0.185. The smallest absolute Gasteiger partial charge is 0.201 e. The lowest BCUT2D eigenvalue weighted by molar-refractivity contribution is -0.486. The van der Waals surface area contributed by atoms with Crippen molar-refractivity contribution in [2.24, 2.45) is 5.16 Å². The summed E-state index contributed by atoms with van der Waals surface area (Å²) in [6, 6.07) is 0. The van der Waals surface area contributed by atoms with E-state index in [1.54, 1.807) is 0 Å². The Morgan fingerprint density at radius 2 is 2.50 bits per heavy atom. The SMILES string of the molecule is C[N+]1=C(/C=N\O)CC=CC1. The van der Waals surface area contributed by atoms with E-state index in [1.807, 2.05) is 11.6 Å². The van der Waals surface area contributed by atoms with E-state index in [0.717, 1.165) is 18.7 Å². The van der Waals surface area contributed by atoms with Gasteiger partial charge in [0.2, 0.25) is 5.71 Å². The van der Waals surface area contributed by atoms with Crippen LogP contribution in [-0.4, -0.2) is 35.3 Å². The lowest BCUT2D eigenvalue weighted by Crippen LogP contribution is -2.21. The van der Waals surface area contributed by atoms with Gasteiger partial charge in [0.05, 0.1) is 6.42 Å². The molecule has 1 N–H and O–H groups in total. The van der Waals surface area contributed by atoms with Gasteiger partial charge in [-0.25, -0.2) is 4.58 Å². The van der Waals surface area contributed by atoms with Crippen LogP contribution in [0, 0.1) is 0 Å². The molecule has 0 radical (unpaired) electrons. The van der Waals surface area contributed by atoms with E-state index >= 15 is 0 Å². The lowest BCUT2D eigenvalue weighted by Gasteiger charge is -2.01. The summed E-state index contributed by atoms with van der Waals surface area (Å²) in [5.41, 5.74) is 1.05. The fourth-order valence-corrected chi connectivity index (χ4v) is 0.928. The average molecular weight is 139 g/mol. The van der Waals surface area contributed by atoms with E-state index in [2.05, 4.69) is 17.3 Å². The Morgan fingerprint density at radius 3 is 3.10 bits per heavy atom. The summed E-state index contributed by atoms with van der Waals surface area (Å²) in [5.74, 6) is 0. The van der Waals surface area contributed by atoms with Crippen molar-refractivity contribution in [3.8, 4) is 0 Å². The molecule has 0 aromatic rings. The fraction of sp³-hybridized carbons (Fsp3) is 0.429. The van der Waals surface area contributed by atoms with E-state index in [4.69, 9.17) is 5.21 Å². The summed E-state index contributed by atoms with van der Waals surface area (Å²) in [5, 5.41) is 11.2. The number of hydrogen-bond acceptors (Lipinski definition) is 2. The second kappa shape index (κ2) is 3.15. The number of allylic oxidation sites excluding steroid dienone is 1. The number of hydrogen-bond donors (Lipinski definition) is 1. The summed E-state index contributed by atoms with van der Waals surface area (Å²) in [6.07, 6.45) is 6.50. The molecule has 54 valence electrons. The minimum atomic E-state index is 0.862. The van der Waals surface area contributed by atoms with Gasteiger partial charge in [0.1, 0.15) is 13.3 Å². The molecule has 3 heteroatoms. The highest BCUT2D eigenvalue weighted by Crippen LogP contribution is 1.93. The molecule has 3 nitrogen and oxygen atoms in total. The standard InChI is InChI=1S/C7H10N2O/c1-9-5-3-2-4-7(9)6-8-10/h2-3,6H,4-5H2,1H3/p+1. The molecule has 0 aliphatic carbocycles. The zero-order valence-electron chi connectivity index (χ0n) is 5.99. The molecule has 1 aliphatic rings. The predicted molar refractivity (Wildman–Crippen MR) is 40.1 cm³/mol. The number of likely N-dealkylation sites (N-methyl/N-ethyl adjacent to an activating group) is 1. The summed E-state index contributed by atoms with van der Waals surface area (Å²) in [6.45, 7) is 0.904. The van der Waals surface area contributed by atoms with Gasteiger partial charge in [-0.15, -0.1) is 0 Å². The van der Waals surface area contributed by atoms with Crippen molar-refractivity contribution in [3.63, 3.8) is 0 Å². The summed E-state index contributed by atoms with van der Waals surface area (Å²) in [7, 11) is 1.97. The van der Waals surface area contributed by atoms with Gasteiger partial charge >= 0.3 is 0 Å². The second-order valence-electron chi connectivity index (χ2n) is 2.29. The van der Waals surface area contributed by atoms with Crippen molar-refractivity contribution < 1.29 is 9.78 Å². The maximum atomic E-state index is 8.23. The molecule has 10 heavy (non-hydrogen) atoms. The van der Waals surface area contributed by atoms with Crippen LogP contribution >= 0.6 is 0 Å². The molecular formula is C7H11N2O+. The first kappa shape index (κ1) is 6.99. The van der Waals surface area contributed by atoms with Gasteiger partial charge in [-0.3, -0.25) is 0 Å². The van der Waals surface area contributed by atoms with Crippen LogP contribution in [0.5, 0.6) is 0 Å². The second-order valence-corrected chi connectivity index (χ2v) is 2.29. The molecule has 0 fully saturated rings. The third-order valence-electron chi connectivity index (χ3n) is 1.57. The molecule has 0 atom stereocenters. The van der Waals surface area contributed by atoms with E-state index in [9.17, 15) is 0 Å². The third kappa shape index (κ3) is 1.43. The molecule has 0 saturated carbocycles. The molecule has 0 amide bonds. The van der Waals surface area contributed by atoms with Crippen LogP contribution in [0.4, 0.5) is 0 Å². The molecule has 0 spiro atoms. The van der Waals surface area contributed by atoms with Crippen LogP contribution in [0.2, 0.25) is 0 Å². The highest BCUT2D eigenvalue weighted by atomic mass is 16.4. The Balaban J connectivity index is 2.71. The molecule has 0 saturated heterocycles. The minimum Gasteiger partial charge on any atom is -0.411 e. The molecule has 1 aliphatic heterocycles. The Kier molecular flexibility index (Phi) is 2.20. The van der Waals surface area contributed by atoms with Crippen LogP contribution in [0.15, 0.2) is 17.3 Å². The first-order valence-corrected chi connectivity index (χ1v) is 3.24. The summed E-state index contributed by atoms with van der Waals surface area (Å²) in [4.78, 5) is 0. The number of nitrogens with zero attached hydrogens (tertiary/aromatic N) is 2. The Bertz CT molecular complexity index is 204. The van der Waals surface area contributed by atoms with Crippen molar-refractivity contribution in [2.75, 3.05) is 13.6 Å². The molecule has 1 heterocycles. The molecular weight excluding hydrogens is 128 g/mol. The monoisotopic (exact) mass is 139 g/mol. The third-order valence-corrected chi connectivity index (χ3v) is 1.57. The van der Waals surface area contributed by atoms with Gasteiger partial charge in [0.15, 0.2) is 6.54 Å². The van der Waals surface area contributed by atoms with E-state index in [0.29, 0.717) is 0 Å². The van der Waals surface area contributed by atoms with Crippen molar-refractivity contribution in [3.05, 3.63) is 12.2 Å². The van der Waals surface area contributed by atoms with Crippen molar-refractivity contribution in [1.29, 1.82) is 0 Å². The maximum Gasteiger partial charge on any atom is 0.201 e.